The number of nitrogens with zero attached hydrogens (tertiary/aromatic N) is 4. The largest absolute Gasteiger partial charge is 0.465 e. The molecule has 0 radical (unpaired) electrons. The number of carboxylic acid groups (broad SMARTS) is 1. The number of anilines is 1. The second-order valence-corrected chi connectivity index (χ2v) is 8.38. The van der Waals surface area contributed by atoms with Crippen LogP contribution in [0.25, 0.3) is 0 Å². The fourth-order valence-corrected chi connectivity index (χ4v) is 4.41. The van der Waals surface area contributed by atoms with E-state index >= 15 is 0 Å². The van der Waals surface area contributed by atoms with Crippen LogP contribution in [0.1, 0.15) is 18.5 Å². The molecule has 3 amide bonds. The van der Waals surface area contributed by atoms with E-state index < -0.39 is 41.9 Å². The van der Waals surface area contributed by atoms with Gasteiger partial charge in [0.2, 0.25) is 5.91 Å². The zero-order valence-electron chi connectivity index (χ0n) is 16.3. The molecule has 0 saturated carbocycles. The van der Waals surface area contributed by atoms with Gasteiger partial charge >= 0.3 is 6.09 Å². The van der Waals surface area contributed by atoms with E-state index in [9.17, 15) is 23.9 Å². The SMILES string of the molecule is CC(c1ccc(Cl)cc1)N1C(=O)CN(c2ncc(Cl)cc2F)C(=O)C12CN(C(=O)O)C2. The molecule has 3 heterocycles. The number of aromatic nitrogens is 1. The Morgan fingerprint density at radius 1 is 1.19 bits per heavy atom. The summed E-state index contributed by atoms with van der Waals surface area (Å²) in [6.07, 6.45) is -0.0323. The zero-order chi connectivity index (χ0) is 22.5. The maximum Gasteiger partial charge on any atom is 0.407 e. The number of likely N-dealkylation sites (tertiary alicyclic amines) is 1. The number of hydrogen-bond donors (Lipinski definition) is 1. The number of carbonyl (C=O) groups is 3. The number of rotatable bonds is 3. The van der Waals surface area contributed by atoms with Crippen LogP contribution in [0.5, 0.6) is 0 Å². The van der Waals surface area contributed by atoms with E-state index in [2.05, 4.69) is 4.98 Å². The third-order valence-electron chi connectivity index (χ3n) is 5.63. The Balaban J connectivity index is 1.75. The minimum Gasteiger partial charge on any atom is -0.465 e. The molecule has 31 heavy (non-hydrogen) atoms. The van der Waals surface area contributed by atoms with E-state index in [0.717, 1.165) is 21.4 Å². The van der Waals surface area contributed by atoms with Crippen LogP contribution in [-0.2, 0) is 9.59 Å². The first-order valence-corrected chi connectivity index (χ1v) is 10.1. The van der Waals surface area contributed by atoms with Gasteiger partial charge in [0.15, 0.2) is 17.2 Å². The fraction of sp³-hybridized carbons (Fsp3) is 0.300. The molecule has 0 bridgehead atoms. The van der Waals surface area contributed by atoms with Gasteiger partial charge in [-0.25, -0.2) is 14.2 Å². The van der Waals surface area contributed by atoms with Gasteiger partial charge in [0.25, 0.3) is 5.91 Å². The summed E-state index contributed by atoms with van der Waals surface area (Å²) in [6, 6.07) is 7.26. The van der Waals surface area contributed by atoms with Gasteiger partial charge in [-0.15, -0.1) is 0 Å². The van der Waals surface area contributed by atoms with Gasteiger partial charge in [0.05, 0.1) is 24.2 Å². The molecule has 4 rings (SSSR count). The monoisotopic (exact) mass is 466 g/mol. The van der Waals surface area contributed by atoms with Gasteiger partial charge in [-0.05, 0) is 30.7 Å². The first kappa shape index (κ1) is 21.3. The second-order valence-electron chi connectivity index (χ2n) is 7.51. The molecular weight excluding hydrogens is 450 g/mol. The van der Waals surface area contributed by atoms with Crippen LogP contribution in [0.4, 0.5) is 15.0 Å². The van der Waals surface area contributed by atoms with Crippen molar-refractivity contribution in [2.75, 3.05) is 24.5 Å². The van der Waals surface area contributed by atoms with E-state index in [-0.39, 0.29) is 23.9 Å². The van der Waals surface area contributed by atoms with Crippen LogP contribution in [0.2, 0.25) is 10.0 Å². The summed E-state index contributed by atoms with van der Waals surface area (Å²) in [7, 11) is 0. The number of piperazine rings is 1. The van der Waals surface area contributed by atoms with Crippen molar-refractivity contribution in [2.45, 2.75) is 18.5 Å². The molecule has 2 aliphatic heterocycles. The molecule has 2 fully saturated rings. The van der Waals surface area contributed by atoms with E-state index in [0.29, 0.717) is 5.02 Å². The van der Waals surface area contributed by atoms with Crippen molar-refractivity contribution in [1.82, 2.24) is 14.8 Å². The number of benzene rings is 1. The molecule has 11 heteroatoms. The number of hydrogen-bond acceptors (Lipinski definition) is 4. The molecule has 1 N–H and O–H groups in total. The average molecular weight is 467 g/mol. The highest BCUT2D eigenvalue weighted by Crippen LogP contribution is 2.41. The Morgan fingerprint density at radius 3 is 2.42 bits per heavy atom. The van der Waals surface area contributed by atoms with Crippen LogP contribution < -0.4 is 4.90 Å². The number of halogens is 3. The first-order chi connectivity index (χ1) is 14.6. The highest BCUT2D eigenvalue weighted by molar-refractivity contribution is 6.30. The molecule has 1 atom stereocenters. The van der Waals surface area contributed by atoms with Crippen LogP contribution >= 0.6 is 23.2 Å². The van der Waals surface area contributed by atoms with Gasteiger partial charge < -0.3 is 14.9 Å². The lowest BCUT2D eigenvalue weighted by atomic mass is 9.82. The van der Waals surface area contributed by atoms with Gasteiger partial charge in [-0.2, -0.15) is 0 Å². The highest BCUT2D eigenvalue weighted by atomic mass is 35.5. The molecule has 1 aromatic heterocycles. The lowest BCUT2D eigenvalue weighted by Crippen LogP contribution is -2.81. The molecule has 1 unspecified atom stereocenters. The van der Waals surface area contributed by atoms with Crippen LogP contribution in [-0.4, -0.2) is 63.0 Å². The average Bonchev–Trinajstić information content (AvgIpc) is 2.67. The summed E-state index contributed by atoms with van der Waals surface area (Å²) in [4.78, 5) is 45.4. The van der Waals surface area contributed by atoms with Crippen LogP contribution in [0.15, 0.2) is 36.5 Å². The Bertz CT molecular complexity index is 1080. The van der Waals surface area contributed by atoms with Gasteiger partial charge in [-0.3, -0.25) is 14.5 Å². The first-order valence-electron chi connectivity index (χ1n) is 9.32. The molecular formula is C20H17Cl2FN4O4. The molecule has 2 aliphatic rings. The molecule has 1 aromatic carbocycles. The third kappa shape index (κ3) is 3.47. The topological polar surface area (TPSA) is 94.1 Å². The Kier molecular flexibility index (Phi) is 5.26. The predicted molar refractivity (Wildman–Crippen MR) is 111 cm³/mol. The van der Waals surface area contributed by atoms with E-state index in [1.54, 1.807) is 31.2 Å². The maximum absolute atomic E-state index is 14.5. The van der Waals surface area contributed by atoms with E-state index in [1.807, 2.05) is 0 Å². The van der Waals surface area contributed by atoms with Crippen LogP contribution in [0, 0.1) is 5.82 Å². The van der Waals surface area contributed by atoms with Crippen molar-refractivity contribution in [2.24, 2.45) is 0 Å². The van der Waals surface area contributed by atoms with Crippen molar-refractivity contribution in [3.63, 3.8) is 0 Å². The van der Waals surface area contributed by atoms with E-state index in [1.165, 1.54) is 11.1 Å². The van der Waals surface area contributed by atoms with Crippen molar-refractivity contribution >= 4 is 46.9 Å². The summed E-state index contributed by atoms with van der Waals surface area (Å²) in [6.45, 7) is 0.862. The van der Waals surface area contributed by atoms with Gasteiger partial charge in [0.1, 0.15) is 6.54 Å². The van der Waals surface area contributed by atoms with Crippen molar-refractivity contribution in [1.29, 1.82) is 0 Å². The lowest BCUT2D eigenvalue weighted by Gasteiger charge is -2.58. The van der Waals surface area contributed by atoms with Crippen molar-refractivity contribution in [3.8, 4) is 0 Å². The Morgan fingerprint density at radius 2 is 1.84 bits per heavy atom. The summed E-state index contributed by atoms with van der Waals surface area (Å²) >= 11 is 11.7. The van der Waals surface area contributed by atoms with Crippen molar-refractivity contribution < 1.29 is 23.9 Å². The minimum atomic E-state index is -1.47. The highest BCUT2D eigenvalue weighted by Gasteiger charge is 2.62. The summed E-state index contributed by atoms with van der Waals surface area (Å²) in [5.41, 5.74) is -0.747. The lowest BCUT2D eigenvalue weighted by molar-refractivity contribution is -0.165. The number of carbonyl (C=O) groups excluding carboxylic acids is 2. The Labute approximate surface area is 186 Å². The maximum atomic E-state index is 14.5. The molecule has 162 valence electrons. The Hall–Kier alpha value is -2.91. The standard InChI is InChI=1S/C20H17Cl2FN4O4/c1-11(12-2-4-13(21)5-3-12)27-16(28)8-26(17-15(23)6-14(22)7-24-17)18(29)20(27)9-25(10-20)19(30)31/h2-7,11H,8-10H2,1H3,(H,30,31). The van der Waals surface area contributed by atoms with Gasteiger partial charge in [0, 0.05) is 11.2 Å². The number of amides is 3. The normalized spacial score (nSPS) is 18.9. The summed E-state index contributed by atoms with van der Waals surface area (Å²) < 4.78 is 14.5. The van der Waals surface area contributed by atoms with Crippen molar-refractivity contribution in [3.05, 3.63) is 58.0 Å². The van der Waals surface area contributed by atoms with Gasteiger partial charge in [-0.1, -0.05) is 35.3 Å². The quantitative estimate of drug-likeness (QED) is 0.749. The summed E-state index contributed by atoms with van der Waals surface area (Å²) in [5.74, 6) is -2.23. The molecule has 8 nitrogen and oxygen atoms in total. The smallest absolute Gasteiger partial charge is 0.407 e. The number of pyridine rings is 1. The molecule has 1 spiro atoms. The van der Waals surface area contributed by atoms with Crippen LogP contribution in [0.3, 0.4) is 0 Å². The third-order valence-corrected chi connectivity index (χ3v) is 6.08. The molecule has 2 saturated heterocycles. The fourth-order valence-electron chi connectivity index (χ4n) is 4.14. The predicted octanol–water partition coefficient (Wildman–Crippen LogP) is 3.20. The minimum absolute atomic E-state index is 0.0467. The summed E-state index contributed by atoms with van der Waals surface area (Å²) in [5, 5.41) is 9.89. The second kappa shape index (κ2) is 7.65. The molecule has 0 aliphatic carbocycles. The molecule has 2 aromatic rings. The van der Waals surface area contributed by atoms with E-state index in [4.69, 9.17) is 23.2 Å². The zero-order valence-corrected chi connectivity index (χ0v) is 17.8.